The van der Waals surface area contributed by atoms with Gasteiger partial charge in [0.15, 0.2) is 6.61 Å². The second kappa shape index (κ2) is 8.58. The van der Waals surface area contributed by atoms with Gasteiger partial charge in [-0.1, -0.05) is 17.3 Å². The summed E-state index contributed by atoms with van der Waals surface area (Å²) in [7, 11) is 1.57. The molecule has 0 aliphatic heterocycles. The highest BCUT2D eigenvalue weighted by Gasteiger charge is 2.10. The molecule has 3 aromatic rings. The van der Waals surface area contributed by atoms with Gasteiger partial charge in [0, 0.05) is 23.8 Å². The Balaban J connectivity index is 1.57. The number of non-ortho nitro benzene ring substituents is 1. The monoisotopic (exact) mass is 381 g/mol. The molecule has 0 amide bonds. The minimum Gasteiger partial charge on any atom is -0.497 e. The molecule has 1 aromatic heterocycles. The van der Waals surface area contributed by atoms with Gasteiger partial charge in [0.25, 0.3) is 11.6 Å². The Bertz CT molecular complexity index is 1010. The summed E-state index contributed by atoms with van der Waals surface area (Å²) in [6, 6.07) is 13.0. The molecule has 142 valence electrons. The van der Waals surface area contributed by atoms with Crippen LogP contribution < -0.4 is 4.74 Å². The standard InChI is InChI=1S/C19H15N3O6/c1-26-16-8-6-14(7-9-16)19-20-17(28-21-19)12-27-18(23)10-5-13-3-2-4-15(11-13)22(24)25/h2-11H,12H2,1H3/b10-5+. The Labute approximate surface area is 159 Å². The molecule has 0 saturated carbocycles. The van der Waals surface area contributed by atoms with Gasteiger partial charge in [-0.2, -0.15) is 4.98 Å². The van der Waals surface area contributed by atoms with E-state index in [1.54, 1.807) is 37.4 Å². The number of nitrogens with zero attached hydrogens (tertiary/aromatic N) is 3. The van der Waals surface area contributed by atoms with E-state index in [9.17, 15) is 14.9 Å². The molecule has 1 heterocycles. The number of rotatable bonds is 7. The maximum absolute atomic E-state index is 11.8. The van der Waals surface area contributed by atoms with Crippen LogP contribution in [0.5, 0.6) is 5.75 Å². The number of carbonyl (C=O) groups is 1. The molecular formula is C19H15N3O6. The van der Waals surface area contributed by atoms with Crippen molar-refractivity contribution >= 4 is 17.7 Å². The van der Waals surface area contributed by atoms with Crippen molar-refractivity contribution in [3.8, 4) is 17.1 Å². The summed E-state index contributed by atoms with van der Waals surface area (Å²) in [5.74, 6) is 0.566. The van der Waals surface area contributed by atoms with Crippen molar-refractivity contribution in [1.29, 1.82) is 0 Å². The molecule has 0 saturated heterocycles. The maximum atomic E-state index is 11.8. The molecule has 9 heteroatoms. The zero-order valence-corrected chi connectivity index (χ0v) is 14.8. The molecule has 2 aromatic carbocycles. The number of ether oxygens (including phenoxy) is 2. The van der Waals surface area contributed by atoms with E-state index in [0.717, 1.165) is 5.56 Å². The van der Waals surface area contributed by atoms with E-state index in [1.165, 1.54) is 30.4 Å². The number of nitro groups is 1. The molecule has 0 aliphatic rings. The van der Waals surface area contributed by atoms with E-state index in [1.807, 2.05) is 0 Å². The molecule has 0 aliphatic carbocycles. The second-order valence-corrected chi connectivity index (χ2v) is 5.53. The number of carbonyl (C=O) groups excluding carboxylic acids is 1. The van der Waals surface area contributed by atoms with Crippen molar-refractivity contribution in [3.63, 3.8) is 0 Å². The van der Waals surface area contributed by atoms with Gasteiger partial charge >= 0.3 is 5.97 Å². The first-order valence-electron chi connectivity index (χ1n) is 8.11. The Hall–Kier alpha value is -4.01. The fourth-order valence-corrected chi connectivity index (χ4v) is 2.26. The molecule has 0 bridgehead atoms. The molecule has 9 nitrogen and oxygen atoms in total. The third kappa shape index (κ3) is 4.79. The van der Waals surface area contributed by atoms with Gasteiger partial charge in [0.2, 0.25) is 5.82 Å². The summed E-state index contributed by atoms with van der Waals surface area (Å²) in [6.07, 6.45) is 2.59. The van der Waals surface area contributed by atoms with Gasteiger partial charge in [-0.05, 0) is 35.9 Å². The normalized spacial score (nSPS) is 10.8. The minimum absolute atomic E-state index is 0.0626. The summed E-state index contributed by atoms with van der Waals surface area (Å²) < 4.78 is 15.2. The van der Waals surface area contributed by atoms with Crippen LogP contribution in [0.15, 0.2) is 59.1 Å². The molecule has 0 fully saturated rings. The maximum Gasteiger partial charge on any atom is 0.331 e. The van der Waals surface area contributed by atoms with Gasteiger partial charge in [0.05, 0.1) is 12.0 Å². The third-order valence-electron chi connectivity index (χ3n) is 3.65. The van der Waals surface area contributed by atoms with E-state index >= 15 is 0 Å². The smallest absolute Gasteiger partial charge is 0.331 e. The average Bonchev–Trinajstić information content (AvgIpc) is 3.20. The second-order valence-electron chi connectivity index (χ2n) is 5.53. The van der Waals surface area contributed by atoms with E-state index in [0.29, 0.717) is 17.1 Å². The fraction of sp³-hybridized carbons (Fsp3) is 0.105. The van der Waals surface area contributed by atoms with Gasteiger partial charge in [-0.15, -0.1) is 0 Å². The number of aromatic nitrogens is 2. The highest BCUT2D eigenvalue weighted by atomic mass is 16.6. The summed E-state index contributed by atoms with van der Waals surface area (Å²) in [6.45, 7) is -0.193. The van der Waals surface area contributed by atoms with E-state index in [4.69, 9.17) is 14.0 Å². The topological polar surface area (TPSA) is 118 Å². The van der Waals surface area contributed by atoms with Gasteiger partial charge in [0.1, 0.15) is 5.75 Å². The largest absolute Gasteiger partial charge is 0.497 e. The first-order chi connectivity index (χ1) is 13.5. The van der Waals surface area contributed by atoms with Crippen LogP contribution >= 0.6 is 0 Å². The highest BCUT2D eigenvalue weighted by molar-refractivity contribution is 5.87. The molecule has 0 radical (unpaired) electrons. The number of esters is 1. The van der Waals surface area contributed by atoms with Crippen LogP contribution in [-0.2, 0) is 16.1 Å². The zero-order valence-electron chi connectivity index (χ0n) is 14.8. The molecular weight excluding hydrogens is 366 g/mol. The minimum atomic E-state index is -0.643. The Kier molecular flexibility index (Phi) is 5.75. The summed E-state index contributed by atoms with van der Waals surface area (Å²) in [5.41, 5.74) is 1.17. The van der Waals surface area contributed by atoms with Gasteiger partial charge in [-0.25, -0.2) is 4.79 Å². The van der Waals surface area contributed by atoms with Crippen LogP contribution in [0.25, 0.3) is 17.5 Å². The predicted molar refractivity (Wildman–Crippen MR) is 98.2 cm³/mol. The third-order valence-corrected chi connectivity index (χ3v) is 3.65. The first kappa shape index (κ1) is 18.8. The lowest BCUT2D eigenvalue weighted by atomic mass is 10.2. The molecule has 0 N–H and O–H groups in total. The van der Waals surface area contributed by atoms with Crippen molar-refractivity contribution in [3.05, 3.63) is 76.2 Å². The number of benzene rings is 2. The summed E-state index contributed by atoms with van der Waals surface area (Å²) in [5, 5.41) is 14.6. The molecule has 0 atom stereocenters. The fourth-order valence-electron chi connectivity index (χ4n) is 2.26. The molecule has 0 spiro atoms. The molecule has 0 unspecified atom stereocenters. The predicted octanol–water partition coefficient (Wildman–Crippen LogP) is 3.41. The lowest BCUT2D eigenvalue weighted by molar-refractivity contribution is -0.384. The van der Waals surface area contributed by atoms with Crippen molar-refractivity contribution < 1.29 is 23.7 Å². The summed E-state index contributed by atoms with van der Waals surface area (Å²) in [4.78, 5) is 26.2. The Morgan fingerprint density at radius 1 is 1.25 bits per heavy atom. The van der Waals surface area contributed by atoms with Crippen LogP contribution in [0.1, 0.15) is 11.5 Å². The van der Waals surface area contributed by atoms with E-state index < -0.39 is 10.9 Å². The van der Waals surface area contributed by atoms with Crippen molar-refractivity contribution in [2.75, 3.05) is 7.11 Å². The average molecular weight is 381 g/mol. The highest BCUT2D eigenvalue weighted by Crippen LogP contribution is 2.20. The number of hydrogen-bond donors (Lipinski definition) is 0. The van der Waals surface area contributed by atoms with Crippen molar-refractivity contribution in [1.82, 2.24) is 10.1 Å². The van der Waals surface area contributed by atoms with Crippen LogP contribution in [0.2, 0.25) is 0 Å². The van der Waals surface area contributed by atoms with Crippen LogP contribution in [-0.4, -0.2) is 28.1 Å². The van der Waals surface area contributed by atoms with Crippen molar-refractivity contribution in [2.24, 2.45) is 0 Å². The summed E-state index contributed by atoms with van der Waals surface area (Å²) >= 11 is 0. The van der Waals surface area contributed by atoms with Crippen LogP contribution in [0.3, 0.4) is 0 Å². The van der Waals surface area contributed by atoms with Crippen molar-refractivity contribution in [2.45, 2.75) is 6.61 Å². The van der Waals surface area contributed by atoms with Gasteiger partial charge in [-0.3, -0.25) is 10.1 Å². The SMILES string of the molecule is COc1ccc(-c2noc(COC(=O)/C=C/c3cccc([N+](=O)[O-])c3)n2)cc1. The molecule has 28 heavy (non-hydrogen) atoms. The van der Waals surface area contributed by atoms with E-state index in [-0.39, 0.29) is 18.2 Å². The number of methoxy groups -OCH3 is 1. The van der Waals surface area contributed by atoms with Crippen LogP contribution in [0.4, 0.5) is 5.69 Å². The zero-order chi connectivity index (χ0) is 19.9. The number of hydrogen-bond acceptors (Lipinski definition) is 8. The van der Waals surface area contributed by atoms with Gasteiger partial charge < -0.3 is 14.0 Å². The Morgan fingerprint density at radius 3 is 2.75 bits per heavy atom. The lowest BCUT2D eigenvalue weighted by Crippen LogP contribution is -2.01. The molecule has 3 rings (SSSR count). The van der Waals surface area contributed by atoms with Crippen LogP contribution in [0, 0.1) is 10.1 Å². The first-order valence-corrected chi connectivity index (χ1v) is 8.11. The number of nitro benzene ring substituents is 1. The van der Waals surface area contributed by atoms with E-state index in [2.05, 4.69) is 10.1 Å². The Morgan fingerprint density at radius 2 is 2.04 bits per heavy atom. The quantitative estimate of drug-likeness (QED) is 0.264. The lowest BCUT2D eigenvalue weighted by Gasteiger charge is -1.99.